The van der Waals surface area contributed by atoms with Gasteiger partial charge in [-0.2, -0.15) is 0 Å². The molecule has 2 aliphatic carbocycles. The molecule has 1 saturated carbocycles. The summed E-state index contributed by atoms with van der Waals surface area (Å²) < 4.78 is 0. The van der Waals surface area contributed by atoms with E-state index in [1.807, 2.05) is 24.3 Å². The summed E-state index contributed by atoms with van der Waals surface area (Å²) >= 11 is 0. The first-order valence-corrected chi connectivity index (χ1v) is 11.7. The second-order valence-corrected chi connectivity index (χ2v) is 10.0. The Morgan fingerprint density at radius 1 is 1.17 bits per heavy atom. The fourth-order valence-electron chi connectivity index (χ4n) is 5.77. The van der Waals surface area contributed by atoms with Crippen molar-refractivity contribution in [3.63, 3.8) is 0 Å². The number of carbonyl (C=O) groups is 1. The van der Waals surface area contributed by atoms with Crippen LogP contribution in [0.25, 0.3) is 0 Å². The quantitative estimate of drug-likeness (QED) is 0.766. The van der Waals surface area contributed by atoms with Gasteiger partial charge in [-0.1, -0.05) is 50.2 Å². The topological polar surface area (TPSA) is 32.3 Å². The number of nitrogens with zero attached hydrogens (tertiary/aromatic N) is 1. The number of amides is 1. The van der Waals surface area contributed by atoms with Crippen LogP contribution >= 0.6 is 0 Å². The molecule has 1 saturated heterocycles. The Hall–Kier alpha value is -2.13. The largest absolute Gasteiger partial charge is 0.352 e. The van der Waals surface area contributed by atoms with Gasteiger partial charge in [-0.25, -0.2) is 0 Å². The summed E-state index contributed by atoms with van der Waals surface area (Å²) in [6.45, 7) is 8.05. The Labute approximate surface area is 180 Å². The third-order valence-corrected chi connectivity index (χ3v) is 8.12. The van der Waals surface area contributed by atoms with Crippen LogP contribution in [0.2, 0.25) is 0 Å². The molecule has 1 amide bonds. The molecular weight excluding hydrogens is 368 g/mol. The Balaban J connectivity index is 1.30. The van der Waals surface area contributed by atoms with Crippen LogP contribution in [0.15, 0.2) is 48.5 Å². The maximum Gasteiger partial charge on any atom is 0.251 e. The molecule has 3 unspecified atom stereocenters. The molecule has 3 atom stereocenters. The van der Waals surface area contributed by atoms with Gasteiger partial charge < -0.3 is 5.32 Å². The average Bonchev–Trinajstić information content (AvgIpc) is 3.57. The highest BCUT2D eigenvalue weighted by atomic mass is 16.1. The van der Waals surface area contributed by atoms with Crippen molar-refractivity contribution < 1.29 is 4.79 Å². The highest BCUT2D eigenvalue weighted by Crippen LogP contribution is 2.49. The lowest BCUT2D eigenvalue weighted by molar-refractivity contribution is 0.0284. The Kier molecular flexibility index (Phi) is 5.18. The summed E-state index contributed by atoms with van der Waals surface area (Å²) in [5, 5.41) is 3.12. The van der Waals surface area contributed by atoms with Crippen molar-refractivity contribution in [3.8, 4) is 0 Å². The first-order chi connectivity index (χ1) is 14.5. The van der Waals surface area contributed by atoms with Crippen LogP contribution in [-0.2, 0) is 18.3 Å². The van der Waals surface area contributed by atoms with Crippen molar-refractivity contribution >= 4 is 5.91 Å². The van der Waals surface area contributed by atoms with Gasteiger partial charge in [0.15, 0.2) is 0 Å². The number of rotatable bonds is 6. The highest BCUT2D eigenvalue weighted by Gasteiger charge is 2.49. The van der Waals surface area contributed by atoms with Crippen molar-refractivity contribution in [2.75, 3.05) is 19.6 Å². The summed E-state index contributed by atoms with van der Waals surface area (Å²) in [6.07, 6.45) is 6.05. The van der Waals surface area contributed by atoms with Crippen molar-refractivity contribution in [1.29, 1.82) is 0 Å². The van der Waals surface area contributed by atoms with Crippen LogP contribution in [0.3, 0.4) is 0 Å². The lowest BCUT2D eigenvalue weighted by atomic mass is 9.59. The number of likely N-dealkylation sites (tertiary alicyclic amines) is 1. The molecule has 3 heteroatoms. The lowest BCUT2D eigenvalue weighted by Gasteiger charge is -2.55. The van der Waals surface area contributed by atoms with Crippen LogP contribution in [0.4, 0.5) is 0 Å². The Morgan fingerprint density at radius 2 is 1.97 bits per heavy atom. The van der Waals surface area contributed by atoms with Crippen LogP contribution < -0.4 is 5.32 Å². The fourth-order valence-corrected chi connectivity index (χ4v) is 5.77. The smallest absolute Gasteiger partial charge is 0.251 e. The molecule has 1 N–H and O–H groups in total. The van der Waals surface area contributed by atoms with E-state index in [1.165, 1.54) is 49.0 Å². The molecule has 2 aromatic carbocycles. The summed E-state index contributed by atoms with van der Waals surface area (Å²) in [5.41, 5.74) is 5.14. The van der Waals surface area contributed by atoms with Gasteiger partial charge in [0.25, 0.3) is 5.91 Å². The third-order valence-electron chi connectivity index (χ3n) is 8.12. The molecule has 158 valence electrons. The summed E-state index contributed by atoms with van der Waals surface area (Å²) in [4.78, 5) is 15.6. The van der Waals surface area contributed by atoms with Gasteiger partial charge in [0.2, 0.25) is 0 Å². The van der Waals surface area contributed by atoms with E-state index in [9.17, 15) is 4.79 Å². The van der Waals surface area contributed by atoms with E-state index in [2.05, 4.69) is 48.3 Å². The number of nitrogens with one attached hydrogen (secondary N) is 1. The van der Waals surface area contributed by atoms with Gasteiger partial charge in [-0.05, 0) is 84.7 Å². The predicted octanol–water partition coefficient (Wildman–Crippen LogP) is 4.59. The van der Waals surface area contributed by atoms with E-state index in [0.29, 0.717) is 18.5 Å². The molecule has 1 aliphatic heterocycles. The number of benzene rings is 2. The zero-order valence-electron chi connectivity index (χ0n) is 18.4. The molecule has 2 bridgehead atoms. The van der Waals surface area contributed by atoms with E-state index < -0.39 is 0 Å². The monoisotopic (exact) mass is 402 g/mol. The van der Waals surface area contributed by atoms with Gasteiger partial charge >= 0.3 is 0 Å². The minimum Gasteiger partial charge on any atom is -0.352 e. The van der Waals surface area contributed by atoms with E-state index in [0.717, 1.165) is 24.3 Å². The van der Waals surface area contributed by atoms with E-state index in [1.54, 1.807) is 0 Å². The van der Waals surface area contributed by atoms with E-state index in [-0.39, 0.29) is 11.3 Å². The lowest BCUT2D eigenvalue weighted by Crippen LogP contribution is -2.58. The van der Waals surface area contributed by atoms with Crippen LogP contribution in [0.5, 0.6) is 0 Å². The summed E-state index contributed by atoms with van der Waals surface area (Å²) in [5.74, 6) is 1.64. The van der Waals surface area contributed by atoms with Gasteiger partial charge in [-0.3, -0.25) is 9.69 Å². The third kappa shape index (κ3) is 3.69. The summed E-state index contributed by atoms with van der Waals surface area (Å²) in [6, 6.07) is 17.5. The van der Waals surface area contributed by atoms with Gasteiger partial charge in [0.1, 0.15) is 0 Å². The normalized spacial score (nSPS) is 28.1. The average molecular weight is 403 g/mol. The number of fused-ring (bicyclic) bond motifs is 4. The molecule has 3 nitrogen and oxygen atoms in total. The zero-order valence-corrected chi connectivity index (χ0v) is 18.4. The van der Waals surface area contributed by atoms with E-state index >= 15 is 0 Å². The van der Waals surface area contributed by atoms with Crippen molar-refractivity contribution in [3.05, 3.63) is 70.8 Å². The maximum absolute atomic E-state index is 12.8. The standard InChI is InChI=1S/C27H34N2O/c1-19-25-17-22-10-11-23(26(30)28-14-12-20-6-4-3-5-7-20)16-24(22)27(19,2)13-15-29(25)18-21-8-9-21/h3-7,10-11,16,19,21,25H,8-9,12-15,17-18H2,1-2H3,(H,28,30). The molecule has 5 rings (SSSR count). The second-order valence-electron chi connectivity index (χ2n) is 10.0. The second kappa shape index (κ2) is 7.85. The van der Waals surface area contributed by atoms with Gasteiger partial charge in [0.05, 0.1) is 0 Å². The Bertz CT molecular complexity index is 920. The molecule has 2 fully saturated rings. The number of hydrogen-bond acceptors (Lipinski definition) is 2. The zero-order chi connectivity index (χ0) is 20.7. The van der Waals surface area contributed by atoms with E-state index in [4.69, 9.17) is 0 Å². The van der Waals surface area contributed by atoms with Crippen molar-refractivity contribution in [1.82, 2.24) is 10.2 Å². The predicted molar refractivity (Wildman–Crippen MR) is 122 cm³/mol. The summed E-state index contributed by atoms with van der Waals surface area (Å²) in [7, 11) is 0. The van der Waals surface area contributed by atoms with Crippen molar-refractivity contribution in [2.45, 2.75) is 57.4 Å². The molecule has 0 spiro atoms. The number of hydrogen-bond donors (Lipinski definition) is 1. The van der Waals surface area contributed by atoms with Crippen LogP contribution in [-0.4, -0.2) is 36.5 Å². The Morgan fingerprint density at radius 3 is 2.73 bits per heavy atom. The molecule has 3 aliphatic rings. The molecule has 1 heterocycles. The van der Waals surface area contributed by atoms with Gasteiger partial charge in [0, 0.05) is 24.7 Å². The minimum atomic E-state index is 0.0540. The number of carbonyl (C=O) groups excluding carboxylic acids is 1. The molecule has 0 aromatic heterocycles. The molecule has 2 aromatic rings. The molecular formula is C27H34N2O. The minimum absolute atomic E-state index is 0.0540. The van der Waals surface area contributed by atoms with Crippen LogP contribution in [0, 0.1) is 11.8 Å². The first-order valence-electron chi connectivity index (χ1n) is 11.7. The van der Waals surface area contributed by atoms with Gasteiger partial charge in [-0.15, -0.1) is 0 Å². The SMILES string of the molecule is CC1C2Cc3ccc(C(=O)NCCc4ccccc4)cc3C1(C)CCN2CC1CC1. The fraction of sp³-hybridized carbons (Fsp3) is 0.519. The molecule has 30 heavy (non-hydrogen) atoms. The number of piperidine rings is 1. The molecule has 0 radical (unpaired) electrons. The maximum atomic E-state index is 12.8. The first kappa shape index (κ1) is 19.8. The van der Waals surface area contributed by atoms with Crippen molar-refractivity contribution in [2.24, 2.45) is 11.8 Å². The highest BCUT2D eigenvalue weighted by molar-refractivity contribution is 5.94. The van der Waals surface area contributed by atoms with Crippen LogP contribution in [0.1, 0.15) is 60.2 Å².